The van der Waals surface area contributed by atoms with E-state index in [1.54, 1.807) is 25.3 Å². The number of benzene rings is 1. The molecule has 2 heterocycles. The lowest BCUT2D eigenvalue weighted by molar-refractivity contribution is -0.121. The number of furan rings is 1. The predicted molar refractivity (Wildman–Crippen MR) is 90.3 cm³/mol. The maximum atomic E-state index is 12.3. The summed E-state index contributed by atoms with van der Waals surface area (Å²) in [5, 5.41) is 1.28. The fourth-order valence-electron chi connectivity index (χ4n) is 1.94. The van der Waals surface area contributed by atoms with Crippen LogP contribution in [0.4, 0.5) is 5.69 Å². The molecular weight excluding hydrogens is 320 g/mol. The first kappa shape index (κ1) is 14.9. The smallest absolute Gasteiger partial charge is 0.266 e. The highest BCUT2D eigenvalue weighted by Crippen LogP contribution is 2.33. The molecule has 1 fully saturated rings. The molecule has 0 bridgehead atoms. The van der Waals surface area contributed by atoms with Gasteiger partial charge >= 0.3 is 0 Å². The Morgan fingerprint density at radius 2 is 1.95 bits per heavy atom. The summed E-state index contributed by atoms with van der Waals surface area (Å²) < 4.78 is 5.48. The average Bonchev–Trinajstić information content (AvgIpc) is 3.01. The van der Waals surface area contributed by atoms with Gasteiger partial charge in [-0.1, -0.05) is 11.6 Å². The van der Waals surface area contributed by atoms with Gasteiger partial charge in [0.05, 0.1) is 10.6 Å². The monoisotopic (exact) mass is 332 g/mol. The molecule has 1 amide bonds. The number of hydrogen-bond donors (Lipinski definition) is 0. The van der Waals surface area contributed by atoms with Crippen molar-refractivity contribution in [2.24, 2.45) is 4.99 Å². The summed E-state index contributed by atoms with van der Waals surface area (Å²) in [7, 11) is 1.71. The Morgan fingerprint density at radius 3 is 2.59 bits per heavy atom. The van der Waals surface area contributed by atoms with Gasteiger partial charge in [-0.25, -0.2) is 4.99 Å². The average molecular weight is 333 g/mol. The van der Waals surface area contributed by atoms with Gasteiger partial charge in [0.1, 0.15) is 11.5 Å². The molecule has 0 saturated carbocycles. The molecule has 0 aliphatic carbocycles. The van der Waals surface area contributed by atoms with Gasteiger partial charge < -0.3 is 4.42 Å². The first-order valence-corrected chi connectivity index (χ1v) is 7.81. The third-order valence-electron chi connectivity index (χ3n) is 3.09. The summed E-state index contributed by atoms with van der Waals surface area (Å²) in [6, 6.07) is 10.9. The minimum atomic E-state index is -0.0910. The zero-order valence-corrected chi connectivity index (χ0v) is 13.6. The fourth-order valence-corrected chi connectivity index (χ4v) is 3.03. The molecule has 4 nitrogen and oxygen atoms in total. The molecule has 0 radical (unpaired) electrons. The van der Waals surface area contributed by atoms with Crippen LogP contribution in [0.2, 0.25) is 5.02 Å². The second kappa shape index (κ2) is 6.02. The van der Waals surface area contributed by atoms with Crippen LogP contribution in [0.5, 0.6) is 0 Å². The van der Waals surface area contributed by atoms with Crippen molar-refractivity contribution >= 4 is 46.2 Å². The van der Waals surface area contributed by atoms with Crippen molar-refractivity contribution in [3.63, 3.8) is 0 Å². The zero-order chi connectivity index (χ0) is 15.7. The number of amidine groups is 1. The topological polar surface area (TPSA) is 45.8 Å². The van der Waals surface area contributed by atoms with Crippen LogP contribution in [0.15, 0.2) is 50.7 Å². The van der Waals surface area contributed by atoms with Gasteiger partial charge in [-0.05, 0) is 55.1 Å². The summed E-state index contributed by atoms with van der Waals surface area (Å²) in [5.41, 5.74) is 0.752. The molecular formula is C16H13ClN2O2S. The Bertz CT molecular complexity index is 778. The molecule has 2 aromatic rings. The number of carbonyl (C=O) groups is 1. The van der Waals surface area contributed by atoms with Crippen molar-refractivity contribution in [1.82, 2.24) is 4.90 Å². The molecule has 1 aromatic carbocycles. The van der Waals surface area contributed by atoms with E-state index in [9.17, 15) is 4.79 Å². The van der Waals surface area contributed by atoms with Crippen LogP contribution in [-0.4, -0.2) is 23.0 Å². The number of rotatable bonds is 2. The normalized spacial score (nSPS) is 18.7. The highest BCUT2D eigenvalue weighted by molar-refractivity contribution is 8.18. The van der Waals surface area contributed by atoms with Gasteiger partial charge in [-0.3, -0.25) is 9.69 Å². The standard InChI is InChI=1S/C16H13ClN2O2S/c1-10-3-8-13(21-10)9-14-15(20)19(2)16(22-14)18-12-6-4-11(17)5-7-12/h3-9H,1-2H3/b14-9+,18-16?. The van der Waals surface area contributed by atoms with Crippen LogP contribution >= 0.6 is 23.4 Å². The van der Waals surface area contributed by atoms with E-state index in [0.29, 0.717) is 20.9 Å². The lowest BCUT2D eigenvalue weighted by Crippen LogP contribution is -2.23. The number of likely N-dealkylation sites (N-methyl/N-ethyl adjacent to an activating group) is 1. The van der Waals surface area contributed by atoms with Gasteiger partial charge in [0.25, 0.3) is 5.91 Å². The van der Waals surface area contributed by atoms with Crippen LogP contribution in [0, 0.1) is 6.92 Å². The first-order valence-electron chi connectivity index (χ1n) is 6.61. The summed E-state index contributed by atoms with van der Waals surface area (Å²) in [6.45, 7) is 1.87. The second-order valence-corrected chi connectivity index (χ2v) is 6.24. The van der Waals surface area contributed by atoms with Crippen LogP contribution < -0.4 is 0 Å². The number of aliphatic imine (C=N–C) groups is 1. The van der Waals surface area contributed by atoms with Gasteiger partial charge in [0.15, 0.2) is 5.17 Å². The van der Waals surface area contributed by atoms with Gasteiger partial charge in [0, 0.05) is 18.1 Å². The minimum absolute atomic E-state index is 0.0910. The number of carbonyl (C=O) groups excluding carboxylic acids is 1. The first-order chi connectivity index (χ1) is 10.5. The third-order valence-corrected chi connectivity index (χ3v) is 4.40. The maximum absolute atomic E-state index is 12.3. The Hall–Kier alpha value is -1.98. The predicted octanol–water partition coefficient (Wildman–Crippen LogP) is 4.48. The van der Waals surface area contributed by atoms with E-state index in [-0.39, 0.29) is 5.91 Å². The van der Waals surface area contributed by atoms with E-state index in [2.05, 4.69) is 4.99 Å². The van der Waals surface area contributed by atoms with E-state index in [1.807, 2.05) is 31.2 Å². The zero-order valence-electron chi connectivity index (χ0n) is 12.0. The molecule has 0 unspecified atom stereocenters. The summed E-state index contributed by atoms with van der Waals surface area (Å²) in [4.78, 5) is 18.9. The molecule has 1 aliphatic rings. The highest BCUT2D eigenvalue weighted by atomic mass is 35.5. The largest absolute Gasteiger partial charge is 0.462 e. The van der Waals surface area contributed by atoms with E-state index in [4.69, 9.17) is 16.0 Å². The Labute approximate surface area is 137 Å². The number of amides is 1. The number of aryl methyl sites for hydroxylation is 1. The van der Waals surface area contributed by atoms with Crippen LogP contribution in [0.3, 0.4) is 0 Å². The molecule has 1 aliphatic heterocycles. The van der Waals surface area contributed by atoms with Crippen molar-refractivity contribution in [3.8, 4) is 0 Å². The molecule has 1 saturated heterocycles. The van der Waals surface area contributed by atoms with Gasteiger partial charge in [-0.15, -0.1) is 0 Å². The Morgan fingerprint density at radius 1 is 1.23 bits per heavy atom. The van der Waals surface area contributed by atoms with Crippen LogP contribution in [0.1, 0.15) is 11.5 Å². The summed E-state index contributed by atoms with van der Waals surface area (Å²) >= 11 is 7.18. The van der Waals surface area contributed by atoms with Gasteiger partial charge in [-0.2, -0.15) is 0 Å². The SMILES string of the molecule is Cc1ccc(/C=C2/SC(=Nc3ccc(Cl)cc3)N(C)C2=O)o1. The van der Waals surface area contributed by atoms with E-state index >= 15 is 0 Å². The number of halogens is 1. The molecule has 3 rings (SSSR count). The highest BCUT2D eigenvalue weighted by Gasteiger charge is 2.30. The molecule has 112 valence electrons. The molecule has 0 atom stereocenters. The van der Waals surface area contributed by atoms with Gasteiger partial charge in [0.2, 0.25) is 0 Å². The van der Waals surface area contributed by atoms with Crippen molar-refractivity contribution in [2.45, 2.75) is 6.92 Å². The summed E-state index contributed by atoms with van der Waals surface area (Å²) in [5.74, 6) is 1.38. The lowest BCUT2D eigenvalue weighted by atomic mass is 10.3. The van der Waals surface area contributed by atoms with Crippen molar-refractivity contribution in [1.29, 1.82) is 0 Å². The van der Waals surface area contributed by atoms with Crippen LogP contribution in [0.25, 0.3) is 6.08 Å². The number of nitrogens with zero attached hydrogens (tertiary/aromatic N) is 2. The molecule has 22 heavy (non-hydrogen) atoms. The number of hydrogen-bond acceptors (Lipinski definition) is 4. The van der Waals surface area contributed by atoms with Crippen molar-refractivity contribution in [2.75, 3.05) is 7.05 Å². The Balaban J connectivity index is 1.88. The van der Waals surface area contributed by atoms with E-state index < -0.39 is 0 Å². The number of thioether (sulfide) groups is 1. The quantitative estimate of drug-likeness (QED) is 0.762. The molecule has 0 spiro atoms. The van der Waals surface area contributed by atoms with Crippen molar-refractivity contribution in [3.05, 3.63) is 57.8 Å². The lowest BCUT2D eigenvalue weighted by Gasteiger charge is -2.06. The third kappa shape index (κ3) is 3.10. The van der Waals surface area contributed by atoms with Crippen LogP contribution in [-0.2, 0) is 4.79 Å². The van der Waals surface area contributed by atoms with Crippen molar-refractivity contribution < 1.29 is 9.21 Å². The minimum Gasteiger partial charge on any atom is -0.462 e. The summed E-state index contributed by atoms with van der Waals surface area (Å²) in [6.07, 6.45) is 1.74. The Kier molecular flexibility index (Phi) is 4.09. The molecule has 0 N–H and O–H groups in total. The molecule has 1 aromatic heterocycles. The maximum Gasteiger partial charge on any atom is 0.266 e. The fraction of sp³-hybridized carbons (Fsp3) is 0.125. The van der Waals surface area contributed by atoms with E-state index in [0.717, 1.165) is 11.4 Å². The molecule has 6 heteroatoms. The van der Waals surface area contributed by atoms with E-state index in [1.165, 1.54) is 16.7 Å². The second-order valence-electron chi connectivity index (χ2n) is 4.79.